The van der Waals surface area contributed by atoms with E-state index < -0.39 is 5.97 Å². The highest BCUT2D eigenvalue weighted by Gasteiger charge is 2.08. The Kier molecular flexibility index (Phi) is 2.71. The van der Waals surface area contributed by atoms with Gasteiger partial charge in [0.05, 0.1) is 12.7 Å². The summed E-state index contributed by atoms with van der Waals surface area (Å²) < 4.78 is 4.47. The lowest BCUT2D eigenvalue weighted by molar-refractivity contribution is 0.0602. The van der Waals surface area contributed by atoms with E-state index in [1.54, 1.807) is 0 Å². The van der Waals surface area contributed by atoms with Crippen molar-refractivity contribution in [2.75, 3.05) is 7.11 Å². The molecule has 5 heteroatoms. The van der Waals surface area contributed by atoms with Crippen LogP contribution in [0.2, 0.25) is 5.15 Å². The van der Waals surface area contributed by atoms with Crippen LogP contribution >= 0.6 is 11.6 Å². The number of methoxy groups -OCH3 is 1. The van der Waals surface area contributed by atoms with Crippen LogP contribution in [-0.4, -0.2) is 25.9 Å². The molecule has 0 aliphatic carbocycles. The first-order valence-corrected chi connectivity index (χ1v) is 3.52. The van der Waals surface area contributed by atoms with Crippen molar-refractivity contribution < 1.29 is 9.53 Å². The summed E-state index contributed by atoms with van der Waals surface area (Å²) in [5.41, 5.74) is 0.490. The van der Waals surface area contributed by atoms with Crippen LogP contribution in [-0.2, 0) is 4.74 Å². The molecular weight excluding hydrogens is 176 g/mol. The summed E-state index contributed by atoms with van der Waals surface area (Å²) in [5, 5.41) is 0.213. The highest BCUT2D eigenvalue weighted by Crippen LogP contribution is 2.05. The molecule has 0 unspecified atom stereocenters. The van der Waals surface area contributed by atoms with Gasteiger partial charge in [0.25, 0.3) is 0 Å². The molecule has 3 nitrogen and oxygen atoms in total. The van der Waals surface area contributed by atoms with Crippen LogP contribution in [0, 0.1) is 0 Å². The van der Waals surface area contributed by atoms with Gasteiger partial charge in [-0.3, -0.25) is 0 Å². The van der Waals surface area contributed by atoms with Crippen molar-refractivity contribution in [1.29, 1.82) is 0 Å². The van der Waals surface area contributed by atoms with E-state index in [9.17, 15) is 4.79 Å². The Hall–Kier alpha value is -1.03. The normalized spacial score (nSPS) is 9.50. The fraction of sp³-hybridized carbons (Fsp3) is 0.143. The van der Waals surface area contributed by atoms with Gasteiger partial charge in [0.1, 0.15) is 13.0 Å². The van der Waals surface area contributed by atoms with E-state index in [1.807, 2.05) is 0 Å². The largest absolute Gasteiger partial charge is 0.465 e. The molecule has 0 aliphatic heterocycles. The molecule has 60 valence electrons. The first-order chi connectivity index (χ1) is 5.65. The number of carbonyl (C=O) groups is 1. The summed E-state index contributed by atoms with van der Waals surface area (Å²) in [4.78, 5) is 14.7. The number of carbonyl (C=O) groups excluding carboxylic acids is 1. The third-order valence-electron chi connectivity index (χ3n) is 1.31. The molecule has 2 radical (unpaired) electrons. The molecule has 1 heterocycles. The highest BCUT2D eigenvalue weighted by atomic mass is 35.5. The molecule has 1 rings (SSSR count). The van der Waals surface area contributed by atoms with E-state index in [0.717, 1.165) is 0 Å². The lowest BCUT2D eigenvalue weighted by atomic mass is 9.93. The third kappa shape index (κ3) is 1.77. The Morgan fingerprint density at radius 3 is 3.00 bits per heavy atom. The summed E-state index contributed by atoms with van der Waals surface area (Å²) in [7, 11) is 6.72. The molecule has 0 atom stereocenters. The van der Waals surface area contributed by atoms with Gasteiger partial charge in [0.15, 0.2) is 0 Å². The molecule has 0 spiro atoms. The lowest BCUT2D eigenvalue weighted by Crippen LogP contribution is -2.17. The Balaban J connectivity index is 3.13. The van der Waals surface area contributed by atoms with Crippen molar-refractivity contribution in [1.82, 2.24) is 4.98 Å². The molecule has 12 heavy (non-hydrogen) atoms. The molecule has 1 aromatic heterocycles. The minimum absolute atomic E-state index is 0.213. The van der Waals surface area contributed by atoms with Gasteiger partial charge >= 0.3 is 5.97 Å². The van der Waals surface area contributed by atoms with Crippen LogP contribution in [0.15, 0.2) is 12.3 Å². The van der Waals surface area contributed by atoms with E-state index in [2.05, 4.69) is 9.72 Å². The Morgan fingerprint density at radius 1 is 1.75 bits per heavy atom. The number of ether oxygens (including phenoxy) is 1. The molecule has 0 aromatic carbocycles. The SMILES string of the molecule is [B]c1cnc(Cl)cc1C(=O)OC. The van der Waals surface area contributed by atoms with Crippen LogP contribution in [0.5, 0.6) is 0 Å². The molecule has 0 saturated heterocycles. The molecular formula is C7H5BClNO2. The van der Waals surface area contributed by atoms with Gasteiger partial charge in [-0.1, -0.05) is 17.1 Å². The minimum atomic E-state index is -0.517. The molecule has 0 aliphatic rings. The number of rotatable bonds is 1. The maximum atomic E-state index is 11.0. The van der Waals surface area contributed by atoms with Gasteiger partial charge < -0.3 is 4.74 Å². The average Bonchev–Trinajstić information content (AvgIpc) is 2.08. The zero-order valence-electron chi connectivity index (χ0n) is 6.37. The summed E-state index contributed by atoms with van der Waals surface area (Å²) in [6.07, 6.45) is 1.31. The van der Waals surface area contributed by atoms with E-state index >= 15 is 0 Å². The predicted molar refractivity (Wildman–Crippen MR) is 46.0 cm³/mol. The number of hydrogen-bond donors (Lipinski definition) is 0. The van der Waals surface area contributed by atoms with Gasteiger partial charge in [0.2, 0.25) is 0 Å². The maximum Gasteiger partial charge on any atom is 0.337 e. The summed E-state index contributed by atoms with van der Waals surface area (Å²) in [6.45, 7) is 0. The zero-order valence-corrected chi connectivity index (χ0v) is 7.13. The number of halogens is 1. The maximum absolute atomic E-state index is 11.0. The number of nitrogens with zero attached hydrogens (tertiary/aromatic N) is 1. The summed E-state index contributed by atoms with van der Waals surface area (Å²) >= 11 is 5.54. The number of hydrogen-bond acceptors (Lipinski definition) is 3. The highest BCUT2D eigenvalue weighted by molar-refractivity contribution is 6.37. The van der Waals surface area contributed by atoms with Crippen molar-refractivity contribution in [3.63, 3.8) is 0 Å². The second-order valence-electron chi connectivity index (χ2n) is 2.09. The van der Waals surface area contributed by atoms with E-state index in [1.165, 1.54) is 19.4 Å². The molecule has 0 amide bonds. The fourth-order valence-corrected chi connectivity index (χ4v) is 0.885. The Morgan fingerprint density at radius 2 is 2.42 bits per heavy atom. The van der Waals surface area contributed by atoms with Crippen molar-refractivity contribution in [2.24, 2.45) is 0 Å². The molecule has 0 bridgehead atoms. The van der Waals surface area contributed by atoms with Crippen molar-refractivity contribution in [2.45, 2.75) is 0 Å². The van der Waals surface area contributed by atoms with Crippen molar-refractivity contribution in [3.8, 4) is 0 Å². The third-order valence-corrected chi connectivity index (χ3v) is 1.51. The van der Waals surface area contributed by atoms with Crippen LogP contribution in [0.4, 0.5) is 0 Å². The van der Waals surface area contributed by atoms with Crippen LogP contribution in [0.25, 0.3) is 0 Å². The smallest absolute Gasteiger partial charge is 0.337 e. The Labute approximate surface area is 76.1 Å². The van der Waals surface area contributed by atoms with Crippen LogP contribution in [0.3, 0.4) is 0 Å². The van der Waals surface area contributed by atoms with Crippen LogP contribution < -0.4 is 5.46 Å². The molecule has 1 aromatic rings. The van der Waals surface area contributed by atoms with E-state index in [-0.39, 0.29) is 16.2 Å². The quantitative estimate of drug-likeness (QED) is 0.356. The van der Waals surface area contributed by atoms with Crippen molar-refractivity contribution in [3.05, 3.63) is 23.0 Å². The van der Waals surface area contributed by atoms with Gasteiger partial charge in [-0.05, 0) is 6.07 Å². The second-order valence-corrected chi connectivity index (χ2v) is 2.47. The van der Waals surface area contributed by atoms with Gasteiger partial charge in [0, 0.05) is 6.20 Å². The number of esters is 1. The minimum Gasteiger partial charge on any atom is -0.465 e. The Bertz CT molecular complexity index is 316. The first-order valence-electron chi connectivity index (χ1n) is 3.14. The molecule has 0 saturated carbocycles. The van der Waals surface area contributed by atoms with Crippen LogP contribution in [0.1, 0.15) is 10.4 Å². The fourth-order valence-electron chi connectivity index (χ4n) is 0.727. The van der Waals surface area contributed by atoms with Crippen molar-refractivity contribution >= 4 is 30.9 Å². The standard InChI is InChI=1S/C7H5BClNO2/c1-12-7(11)4-2-6(9)10-3-5(4)8/h2-3H,1H3. The molecule has 0 fully saturated rings. The average molecular weight is 181 g/mol. The second kappa shape index (κ2) is 3.58. The number of pyridine rings is 1. The van der Waals surface area contributed by atoms with E-state index in [0.29, 0.717) is 0 Å². The van der Waals surface area contributed by atoms with Gasteiger partial charge in [-0.15, -0.1) is 0 Å². The summed E-state index contributed by atoms with van der Waals surface area (Å²) in [5.74, 6) is -0.517. The van der Waals surface area contributed by atoms with E-state index in [4.69, 9.17) is 19.4 Å². The topological polar surface area (TPSA) is 39.2 Å². The molecule has 0 N–H and O–H groups in total. The lowest BCUT2D eigenvalue weighted by Gasteiger charge is -2.02. The monoisotopic (exact) mass is 181 g/mol. The van der Waals surface area contributed by atoms with Gasteiger partial charge in [-0.25, -0.2) is 9.78 Å². The predicted octanol–water partition coefficient (Wildman–Crippen LogP) is 0.315. The zero-order chi connectivity index (χ0) is 9.14. The number of aromatic nitrogens is 1. The van der Waals surface area contributed by atoms with Gasteiger partial charge in [-0.2, -0.15) is 0 Å². The first kappa shape index (κ1) is 9.07. The summed E-state index contributed by atoms with van der Waals surface area (Å²) in [6, 6.07) is 1.36.